The summed E-state index contributed by atoms with van der Waals surface area (Å²) in [6.45, 7) is 10.7. The maximum atomic E-state index is 5.40. The molecule has 0 bridgehead atoms. The molecule has 0 atom stereocenters. The number of aryl methyl sites for hydroxylation is 1. The fourth-order valence-electron chi connectivity index (χ4n) is 1.78. The van der Waals surface area contributed by atoms with Crippen molar-refractivity contribution in [2.45, 2.75) is 40.2 Å². The van der Waals surface area contributed by atoms with Gasteiger partial charge in [0, 0.05) is 31.6 Å². The normalized spacial score (nSPS) is 10.9. The number of anilines is 1. The van der Waals surface area contributed by atoms with Gasteiger partial charge in [-0.1, -0.05) is 20.3 Å². The van der Waals surface area contributed by atoms with E-state index in [4.69, 9.17) is 9.72 Å². The van der Waals surface area contributed by atoms with Gasteiger partial charge in [0.2, 0.25) is 0 Å². The van der Waals surface area contributed by atoms with Gasteiger partial charge in [-0.05, 0) is 19.9 Å². The molecule has 1 aromatic rings. The lowest BCUT2D eigenvalue weighted by molar-refractivity contribution is 0.154. The number of hydrogen-bond acceptors (Lipinski definition) is 5. The lowest BCUT2D eigenvalue weighted by Gasteiger charge is -2.15. The Morgan fingerprint density at radius 3 is 2.74 bits per heavy atom. The molecular formula is C14H27N3OS. The van der Waals surface area contributed by atoms with Crippen LogP contribution in [0.1, 0.15) is 37.8 Å². The number of rotatable bonds is 10. The van der Waals surface area contributed by atoms with Crippen LogP contribution < -0.4 is 10.2 Å². The number of hydrogen-bond donors (Lipinski definition) is 1. The molecule has 110 valence electrons. The predicted octanol–water partition coefficient (Wildman–Crippen LogP) is 2.68. The van der Waals surface area contributed by atoms with Gasteiger partial charge < -0.3 is 15.0 Å². The summed E-state index contributed by atoms with van der Waals surface area (Å²) in [6.07, 6.45) is 2.21. The third-order valence-electron chi connectivity index (χ3n) is 2.89. The molecular weight excluding hydrogens is 258 g/mol. The van der Waals surface area contributed by atoms with Gasteiger partial charge in [-0.3, -0.25) is 0 Å². The minimum atomic E-state index is 0.762. The number of likely N-dealkylation sites (N-methyl/N-ethyl adjacent to an activating group) is 1. The summed E-state index contributed by atoms with van der Waals surface area (Å²) in [6, 6.07) is 0. The lowest BCUT2D eigenvalue weighted by Crippen LogP contribution is -2.22. The maximum absolute atomic E-state index is 5.40. The van der Waals surface area contributed by atoms with E-state index in [-0.39, 0.29) is 0 Å². The second kappa shape index (κ2) is 9.28. The van der Waals surface area contributed by atoms with Crippen molar-refractivity contribution < 1.29 is 4.74 Å². The largest absolute Gasteiger partial charge is 0.380 e. The van der Waals surface area contributed by atoms with Gasteiger partial charge in [0.25, 0.3) is 0 Å². The molecule has 0 spiro atoms. The molecule has 0 aliphatic carbocycles. The minimum Gasteiger partial charge on any atom is -0.380 e. The summed E-state index contributed by atoms with van der Waals surface area (Å²) in [5.74, 6) is 0. The van der Waals surface area contributed by atoms with Crippen LogP contribution in [-0.4, -0.2) is 38.3 Å². The van der Waals surface area contributed by atoms with E-state index in [1.807, 2.05) is 6.92 Å². The van der Waals surface area contributed by atoms with E-state index in [0.29, 0.717) is 0 Å². The molecule has 0 saturated heterocycles. The van der Waals surface area contributed by atoms with Gasteiger partial charge in [-0.2, -0.15) is 0 Å². The summed E-state index contributed by atoms with van der Waals surface area (Å²) in [5, 5.41) is 4.50. The molecule has 19 heavy (non-hydrogen) atoms. The van der Waals surface area contributed by atoms with Crippen LogP contribution in [0.5, 0.6) is 0 Å². The van der Waals surface area contributed by atoms with E-state index in [1.165, 1.54) is 10.6 Å². The number of ether oxygens (including phenoxy) is 1. The molecule has 1 heterocycles. The molecule has 0 radical (unpaired) electrons. The molecule has 1 aromatic heterocycles. The van der Waals surface area contributed by atoms with Crippen molar-refractivity contribution >= 4 is 16.5 Å². The van der Waals surface area contributed by atoms with E-state index < -0.39 is 0 Å². The van der Waals surface area contributed by atoms with Crippen molar-refractivity contribution in [1.82, 2.24) is 10.3 Å². The van der Waals surface area contributed by atoms with Crippen LogP contribution in [0, 0.1) is 0 Å². The first kappa shape index (κ1) is 16.4. The Bertz CT molecular complexity index is 354. The zero-order chi connectivity index (χ0) is 14.1. The topological polar surface area (TPSA) is 37.4 Å². The molecule has 1 rings (SSSR count). The summed E-state index contributed by atoms with van der Waals surface area (Å²) >= 11 is 1.80. The van der Waals surface area contributed by atoms with Crippen molar-refractivity contribution in [2.75, 3.05) is 38.3 Å². The van der Waals surface area contributed by atoms with Crippen LogP contribution in [0.25, 0.3) is 0 Å². The van der Waals surface area contributed by atoms with Crippen molar-refractivity contribution in [3.8, 4) is 0 Å². The highest BCUT2D eigenvalue weighted by Crippen LogP contribution is 2.26. The standard InChI is InChI=1S/C14H27N3OS/c1-5-8-12-13(11-15-6-2)19-14(16-12)17(4)9-10-18-7-3/h15H,5-11H2,1-4H3. The fourth-order valence-corrected chi connectivity index (χ4v) is 2.85. The minimum absolute atomic E-state index is 0.762. The molecule has 0 saturated carbocycles. The summed E-state index contributed by atoms with van der Waals surface area (Å²) in [4.78, 5) is 8.35. The lowest BCUT2D eigenvalue weighted by atomic mass is 10.2. The predicted molar refractivity (Wildman–Crippen MR) is 83.3 cm³/mol. The number of nitrogens with zero attached hydrogens (tertiary/aromatic N) is 2. The fraction of sp³-hybridized carbons (Fsp3) is 0.786. The van der Waals surface area contributed by atoms with E-state index >= 15 is 0 Å². The Kier molecular flexibility index (Phi) is 8.02. The smallest absolute Gasteiger partial charge is 0.185 e. The SMILES string of the molecule is CCCc1nc(N(C)CCOCC)sc1CNCC. The maximum Gasteiger partial charge on any atom is 0.185 e. The van der Waals surface area contributed by atoms with E-state index in [1.54, 1.807) is 11.3 Å². The Morgan fingerprint density at radius 1 is 1.32 bits per heavy atom. The highest BCUT2D eigenvalue weighted by molar-refractivity contribution is 7.15. The first-order valence-corrected chi connectivity index (χ1v) is 8.02. The molecule has 5 heteroatoms. The highest BCUT2D eigenvalue weighted by atomic mass is 32.1. The van der Waals surface area contributed by atoms with E-state index in [0.717, 1.165) is 50.8 Å². The number of nitrogens with one attached hydrogen (secondary N) is 1. The molecule has 1 N–H and O–H groups in total. The van der Waals surface area contributed by atoms with Crippen molar-refractivity contribution in [3.05, 3.63) is 10.6 Å². The van der Waals surface area contributed by atoms with Crippen LogP contribution in [0.2, 0.25) is 0 Å². The van der Waals surface area contributed by atoms with Crippen molar-refractivity contribution in [2.24, 2.45) is 0 Å². The summed E-state index contributed by atoms with van der Waals surface area (Å²) in [5.41, 5.74) is 1.26. The second-order valence-corrected chi connectivity index (χ2v) is 5.58. The van der Waals surface area contributed by atoms with E-state index in [2.05, 4.69) is 31.1 Å². The molecule has 0 aliphatic heterocycles. The quantitative estimate of drug-likeness (QED) is 0.671. The van der Waals surface area contributed by atoms with Crippen molar-refractivity contribution in [1.29, 1.82) is 0 Å². The van der Waals surface area contributed by atoms with E-state index in [9.17, 15) is 0 Å². The molecule has 0 amide bonds. The molecule has 0 aromatic carbocycles. The molecule has 0 unspecified atom stereocenters. The van der Waals surface area contributed by atoms with Gasteiger partial charge in [0.15, 0.2) is 5.13 Å². The average molecular weight is 285 g/mol. The summed E-state index contributed by atoms with van der Waals surface area (Å²) < 4.78 is 5.40. The van der Waals surface area contributed by atoms with Gasteiger partial charge in [-0.15, -0.1) is 11.3 Å². The number of aromatic nitrogens is 1. The van der Waals surface area contributed by atoms with Gasteiger partial charge in [-0.25, -0.2) is 4.98 Å². The van der Waals surface area contributed by atoms with Crippen LogP contribution >= 0.6 is 11.3 Å². The monoisotopic (exact) mass is 285 g/mol. The van der Waals surface area contributed by atoms with Gasteiger partial charge >= 0.3 is 0 Å². The van der Waals surface area contributed by atoms with Crippen LogP contribution in [0.3, 0.4) is 0 Å². The Labute approximate surface area is 121 Å². The zero-order valence-corrected chi connectivity index (χ0v) is 13.5. The Morgan fingerprint density at radius 2 is 2.11 bits per heavy atom. The number of thiazole rings is 1. The molecule has 0 fully saturated rings. The van der Waals surface area contributed by atoms with Crippen LogP contribution in [0.15, 0.2) is 0 Å². The zero-order valence-electron chi connectivity index (χ0n) is 12.7. The Balaban J connectivity index is 2.66. The van der Waals surface area contributed by atoms with Gasteiger partial charge in [0.05, 0.1) is 12.3 Å². The second-order valence-electron chi connectivity index (χ2n) is 4.52. The third-order valence-corrected chi connectivity index (χ3v) is 4.10. The Hall–Kier alpha value is -0.650. The highest BCUT2D eigenvalue weighted by Gasteiger charge is 2.13. The first-order chi connectivity index (χ1) is 9.22. The summed E-state index contributed by atoms with van der Waals surface area (Å²) in [7, 11) is 2.09. The third kappa shape index (κ3) is 5.47. The average Bonchev–Trinajstić information content (AvgIpc) is 2.80. The van der Waals surface area contributed by atoms with Crippen LogP contribution in [-0.2, 0) is 17.7 Å². The molecule has 0 aliphatic rings. The van der Waals surface area contributed by atoms with Crippen LogP contribution in [0.4, 0.5) is 5.13 Å². The first-order valence-electron chi connectivity index (χ1n) is 7.21. The molecule has 4 nitrogen and oxygen atoms in total. The van der Waals surface area contributed by atoms with Gasteiger partial charge in [0.1, 0.15) is 0 Å². The van der Waals surface area contributed by atoms with Crippen molar-refractivity contribution in [3.63, 3.8) is 0 Å².